The molecule has 0 aliphatic carbocycles. The van der Waals surface area contributed by atoms with Gasteiger partial charge in [0.15, 0.2) is 0 Å². The zero-order chi connectivity index (χ0) is 29.1. The summed E-state index contributed by atoms with van der Waals surface area (Å²) in [7, 11) is -7.55. The second-order valence-corrected chi connectivity index (χ2v) is 13.0. The highest BCUT2D eigenvalue weighted by atomic mass is 35.5. The number of halogens is 2. The van der Waals surface area contributed by atoms with E-state index in [1.165, 1.54) is 78.9 Å². The van der Waals surface area contributed by atoms with E-state index >= 15 is 0 Å². The molecule has 0 saturated carbocycles. The Labute approximate surface area is 237 Å². The summed E-state index contributed by atoms with van der Waals surface area (Å²) in [5, 5.41) is 3.12. The van der Waals surface area contributed by atoms with E-state index in [4.69, 9.17) is 11.6 Å². The molecule has 0 unspecified atom stereocenters. The fraction of sp³-hybridized carbons (Fsp3) is 0.107. The summed E-state index contributed by atoms with van der Waals surface area (Å²) in [4.78, 5) is 12.8. The first-order valence-corrected chi connectivity index (χ1v) is 15.6. The quantitative estimate of drug-likeness (QED) is 0.251. The third-order valence-corrected chi connectivity index (χ3v) is 8.85. The number of carbonyl (C=O) groups excluding carboxylic acids is 1. The monoisotopic (exact) mass is 601 g/mol. The Morgan fingerprint density at radius 3 is 2.02 bits per heavy atom. The van der Waals surface area contributed by atoms with Crippen LogP contribution in [-0.4, -0.2) is 29.0 Å². The molecule has 0 heterocycles. The Morgan fingerprint density at radius 1 is 0.850 bits per heavy atom. The molecular weight excluding hydrogens is 577 g/mol. The normalized spacial score (nSPS) is 11.6. The van der Waals surface area contributed by atoms with Crippen LogP contribution in [0.5, 0.6) is 0 Å². The van der Waals surface area contributed by atoms with Crippen molar-refractivity contribution in [3.63, 3.8) is 0 Å². The maximum absolute atomic E-state index is 13.2. The average Bonchev–Trinajstić information content (AvgIpc) is 2.90. The van der Waals surface area contributed by atoms with E-state index in [1.807, 2.05) is 6.92 Å². The molecule has 0 aromatic heterocycles. The number of nitrogens with zero attached hydrogens (tertiary/aromatic N) is 1. The molecule has 2 N–H and O–H groups in total. The molecule has 0 fully saturated rings. The van der Waals surface area contributed by atoms with Crippen LogP contribution in [0.1, 0.15) is 21.5 Å². The van der Waals surface area contributed by atoms with Crippen molar-refractivity contribution in [1.29, 1.82) is 0 Å². The second kappa shape index (κ2) is 11.7. The van der Waals surface area contributed by atoms with Gasteiger partial charge in [-0.3, -0.25) is 13.8 Å². The summed E-state index contributed by atoms with van der Waals surface area (Å²) in [6.45, 7) is 1.80. The predicted octanol–water partition coefficient (Wildman–Crippen LogP) is 5.81. The van der Waals surface area contributed by atoms with Crippen molar-refractivity contribution < 1.29 is 26.0 Å². The average molecular weight is 602 g/mol. The van der Waals surface area contributed by atoms with Crippen LogP contribution in [0.4, 0.5) is 21.5 Å². The fourth-order valence-corrected chi connectivity index (χ4v) is 5.84. The molecule has 208 valence electrons. The van der Waals surface area contributed by atoms with Gasteiger partial charge in [0, 0.05) is 16.3 Å². The van der Waals surface area contributed by atoms with Crippen LogP contribution in [0, 0.1) is 12.7 Å². The standard InChI is InChI=1S/C28H25ClFN3O5S2/c1-19-3-10-24(17-27(19)29)32-40(37,38)26-15-11-23(12-16-26)31-28(34)21-6-13-25(14-7-21)33(39(2,35)36)18-20-4-8-22(30)9-5-20/h3-17,32H,18H2,1-2H3,(H,31,34). The maximum atomic E-state index is 13.2. The van der Waals surface area contributed by atoms with Crippen LogP contribution in [-0.2, 0) is 26.6 Å². The summed E-state index contributed by atoms with van der Waals surface area (Å²) >= 11 is 6.07. The first-order valence-electron chi connectivity index (χ1n) is 11.8. The lowest BCUT2D eigenvalue weighted by Crippen LogP contribution is -2.29. The minimum Gasteiger partial charge on any atom is -0.322 e. The van der Waals surface area contributed by atoms with Crippen LogP contribution >= 0.6 is 11.6 Å². The van der Waals surface area contributed by atoms with Gasteiger partial charge in [-0.25, -0.2) is 21.2 Å². The van der Waals surface area contributed by atoms with Crippen molar-refractivity contribution in [1.82, 2.24) is 0 Å². The van der Waals surface area contributed by atoms with Crippen molar-refractivity contribution in [3.8, 4) is 0 Å². The minimum absolute atomic E-state index is 0.00595. The molecule has 0 atom stereocenters. The minimum atomic E-state index is -3.88. The van der Waals surface area contributed by atoms with E-state index in [1.54, 1.807) is 12.1 Å². The van der Waals surface area contributed by atoms with E-state index in [0.29, 0.717) is 27.6 Å². The fourth-order valence-electron chi connectivity index (χ4n) is 3.73. The van der Waals surface area contributed by atoms with Gasteiger partial charge in [-0.15, -0.1) is 0 Å². The van der Waals surface area contributed by atoms with Crippen LogP contribution < -0.4 is 14.3 Å². The van der Waals surface area contributed by atoms with Gasteiger partial charge in [-0.1, -0.05) is 29.8 Å². The molecule has 4 rings (SSSR count). The van der Waals surface area contributed by atoms with Crippen molar-refractivity contribution in [2.75, 3.05) is 20.6 Å². The van der Waals surface area contributed by atoms with E-state index in [0.717, 1.165) is 16.1 Å². The number of nitrogens with one attached hydrogen (secondary N) is 2. The zero-order valence-corrected chi connectivity index (χ0v) is 23.8. The summed E-state index contributed by atoms with van der Waals surface area (Å²) in [5.41, 5.74) is 2.69. The molecule has 4 aromatic carbocycles. The van der Waals surface area contributed by atoms with Crippen molar-refractivity contribution in [2.45, 2.75) is 18.4 Å². The molecule has 0 bridgehead atoms. The van der Waals surface area contributed by atoms with Gasteiger partial charge >= 0.3 is 0 Å². The van der Waals surface area contributed by atoms with E-state index in [-0.39, 0.29) is 17.0 Å². The van der Waals surface area contributed by atoms with E-state index < -0.39 is 31.8 Å². The number of carbonyl (C=O) groups is 1. The number of benzene rings is 4. The Bertz CT molecular complexity index is 1750. The van der Waals surface area contributed by atoms with Gasteiger partial charge in [0.05, 0.1) is 29.1 Å². The maximum Gasteiger partial charge on any atom is 0.261 e. The molecule has 40 heavy (non-hydrogen) atoms. The number of sulfonamides is 2. The highest BCUT2D eigenvalue weighted by molar-refractivity contribution is 7.92. The highest BCUT2D eigenvalue weighted by Gasteiger charge is 2.19. The Balaban J connectivity index is 1.44. The molecule has 0 aliphatic rings. The second-order valence-electron chi connectivity index (χ2n) is 8.99. The third kappa shape index (κ3) is 7.17. The summed E-state index contributed by atoms with van der Waals surface area (Å²) in [6.07, 6.45) is 1.06. The van der Waals surface area contributed by atoms with Crippen LogP contribution in [0.25, 0.3) is 0 Å². The smallest absolute Gasteiger partial charge is 0.261 e. The number of hydrogen-bond donors (Lipinski definition) is 2. The molecule has 0 aliphatic heterocycles. The number of rotatable bonds is 9. The lowest BCUT2D eigenvalue weighted by atomic mass is 10.1. The topological polar surface area (TPSA) is 113 Å². The first kappa shape index (κ1) is 29.1. The number of amides is 1. The largest absolute Gasteiger partial charge is 0.322 e. The van der Waals surface area contributed by atoms with Gasteiger partial charge in [0.25, 0.3) is 15.9 Å². The van der Waals surface area contributed by atoms with Crippen molar-refractivity contribution in [3.05, 3.63) is 119 Å². The Morgan fingerprint density at radius 2 is 1.45 bits per heavy atom. The molecule has 0 radical (unpaired) electrons. The van der Waals surface area contributed by atoms with Gasteiger partial charge in [0.1, 0.15) is 5.82 Å². The summed E-state index contributed by atoms with van der Waals surface area (Å²) < 4.78 is 67.1. The lowest BCUT2D eigenvalue weighted by Gasteiger charge is -2.22. The molecule has 8 nitrogen and oxygen atoms in total. The molecule has 1 amide bonds. The van der Waals surface area contributed by atoms with Crippen LogP contribution in [0.2, 0.25) is 5.02 Å². The predicted molar refractivity (Wildman–Crippen MR) is 155 cm³/mol. The highest BCUT2D eigenvalue weighted by Crippen LogP contribution is 2.24. The van der Waals surface area contributed by atoms with Crippen molar-refractivity contribution >= 4 is 54.6 Å². The van der Waals surface area contributed by atoms with Gasteiger partial charge in [-0.2, -0.15) is 0 Å². The molecule has 0 spiro atoms. The number of hydrogen-bond acceptors (Lipinski definition) is 5. The zero-order valence-electron chi connectivity index (χ0n) is 21.4. The lowest BCUT2D eigenvalue weighted by molar-refractivity contribution is 0.102. The number of aryl methyl sites for hydroxylation is 1. The van der Waals surface area contributed by atoms with Gasteiger partial charge < -0.3 is 5.32 Å². The summed E-state index contributed by atoms with van der Waals surface area (Å²) in [6, 6.07) is 21.9. The SMILES string of the molecule is Cc1ccc(NS(=O)(=O)c2ccc(NC(=O)c3ccc(N(Cc4ccc(F)cc4)S(C)(=O)=O)cc3)cc2)cc1Cl. The van der Waals surface area contributed by atoms with Gasteiger partial charge in [0.2, 0.25) is 10.0 Å². The van der Waals surface area contributed by atoms with Crippen molar-refractivity contribution in [2.24, 2.45) is 0 Å². The number of anilines is 3. The summed E-state index contributed by atoms with van der Waals surface area (Å²) in [5.74, 6) is -0.899. The van der Waals surface area contributed by atoms with E-state index in [9.17, 15) is 26.0 Å². The Hall–Kier alpha value is -3.93. The van der Waals surface area contributed by atoms with Crippen LogP contribution in [0.15, 0.2) is 95.9 Å². The van der Waals surface area contributed by atoms with Crippen LogP contribution in [0.3, 0.4) is 0 Å². The van der Waals surface area contributed by atoms with Gasteiger partial charge in [-0.05, 0) is 90.8 Å². The third-order valence-electron chi connectivity index (χ3n) is 5.90. The molecular formula is C28H25ClFN3O5S2. The molecule has 4 aromatic rings. The molecule has 0 saturated heterocycles. The first-order chi connectivity index (χ1) is 18.8. The molecule has 12 heteroatoms. The van der Waals surface area contributed by atoms with E-state index in [2.05, 4.69) is 10.0 Å². The Kier molecular flexibility index (Phi) is 8.48.